The summed E-state index contributed by atoms with van der Waals surface area (Å²) in [6.45, 7) is 0. The van der Waals surface area contributed by atoms with Crippen LogP contribution < -0.4 is 10.5 Å². The first-order valence-corrected chi connectivity index (χ1v) is 7.32. The van der Waals surface area contributed by atoms with Crippen LogP contribution >= 0.6 is 0 Å². The van der Waals surface area contributed by atoms with Crippen LogP contribution in [0.3, 0.4) is 0 Å². The second kappa shape index (κ2) is 8.12. The number of hydrogen-bond acceptors (Lipinski definition) is 6. The number of ether oxygens (including phenoxy) is 3. The fourth-order valence-electron chi connectivity index (χ4n) is 2.15. The molecule has 6 nitrogen and oxygen atoms in total. The third-order valence-corrected chi connectivity index (χ3v) is 3.42. The highest BCUT2D eigenvalue weighted by Gasteiger charge is 2.17. The molecule has 0 amide bonds. The third-order valence-electron chi connectivity index (χ3n) is 3.42. The second-order valence-electron chi connectivity index (χ2n) is 5.06. The fraction of sp³-hybridized carbons (Fsp3) is 0.222. The fourth-order valence-corrected chi connectivity index (χ4v) is 2.15. The molecule has 0 spiro atoms. The lowest BCUT2D eigenvalue weighted by molar-refractivity contribution is -0.142. The van der Waals surface area contributed by atoms with Crippen LogP contribution in [0.1, 0.15) is 15.9 Å². The van der Waals surface area contributed by atoms with Gasteiger partial charge in [0.2, 0.25) is 0 Å². The van der Waals surface area contributed by atoms with Gasteiger partial charge in [0.25, 0.3) is 0 Å². The number of hydrogen-bond donors (Lipinski definition) is 1. The van der Waals surface area contributed by atoms with Crippen LogP contribution in [0.15, 0.2) is 48.5 Å². The van der Waals surface area contributed by atoms with Crippen molar-refractivity contribution in [3.63, 3.8) is 0 Å². The van der Waals surface area contributed by atoms with E-state index in [2.05, 4.69) is 9.47 Å². The summed E-state index contributed by atoms with van der Waals surface area (Å²) in [5.41, 5.74) is 7.03. The van der Waals surface area contributed by atoms with E-state index in [1.165, 1.54) is 14.2 Å². The van der Waals surface area contributed by atoms with E-state index < -0.39 is 18.0 Å². The monoisotopic (exact) mass is 329 g/mol. The Morgan fingerprint density at radius 3 is 2.29 bits per heavy atom. The molecule has 0 saturated carbocycles. The Morgan fingerprint density at radius 2 is 1.67 bits per heavy atom. The number of rotatable bonds is 6. The zero-order valence-corrected chi connectivity index (χ0v) is 13.5. The Hall–Kier alpha value is -2.86. The Balaban J connectivity index is 2.15. The highest BCUT2D eigenvalue weighted by atomic mass is 16.5. The Kier molecular flexibility index (Phi) is 5.92. The van der Waals surface area contributed by atoms with Crippen LogP contribution in [0.25, 0.3) is 0 Å². The van der Waals surface area contributed by atoms with Gasteiger partial charge in [-0.25, -0.2) is 4.79 Å². The summed E-state index contributed by atoms with van der Waals surface area (Å²) in [5, 5.41) is 0. The first kappa shape index (κ1) is 17.5. The van der Waals surface area contributed by atoms with E-state index in [0.717, 1.165) is 5.56 Å². The standard InChI is InChI=1S/C18H19NO5/c1-22-17(20)12-7-9-14(10-8-12)24-16-6-4-3-5-13(16)11-15(19)18(21)23-2/h3-10,15H,11,19H2,1-2H3. The van der Waals surface area contributed by atoms with E-state index >= 15 is 0 Å². The van der Waals surface area contributed by atoms with Crippen molar-refractivity contribution < 1.29 is 23.8 Å². The SMILES string of the molecule is COC(=O)c1ccc(Oc2ccccc2CC(N)C(=O)OC)cc1. The smallest absolute Gasteiger partial charge is 0.337 e. The number of para-hydroxylation sites is 1. The van der Waals surface area contributed by atoms with Gasteiger partial charge in [0.1, 0.15) is 17.5 Å². The predicted molar refractivity (Wildman–Crippen MR) is 88.0 cm³/mol. The second-order valence-corrected chi connectivity index (χ2v) is 5.06. The first-order valence-electron chi connectivity index (χ1n) is 7.32. The zero-order valence-electron chi connectivity index (χ0n) is 13.5. The van der Waals surface area contributed by atoms with Gasteiger partial charge in [-0.05, 0) is 35.9 Å². The van der Waals surface area contributed by atoms with Gasteiger partial charge in [-0.2, -0.15) is 0 Å². The van der Waals surface area contributed by atoms with E-state index in [1.54, 1.807) is 30.3 Å². The molecular formula is C18H19NO5. The van der Waals surface area contributed by atoms with Crippen molar-refractivity contribution in [3.8, 4) is 11.5 Å². The quantitative estimate of drug-likeness (QED) is 0.818. The zero-order chi connectivity index (χ0) is 17.5. The highest BCUT2D eigenvalue weighted by molar-refractivity contribution is 5.89. The van der Waals surface area contributed by atoms with Crippen molar-refractivity contribution in [2.45, 2.75) is 12.5 Å². The van der Waals surface area contributed by atoms with E-state index in [-0.39, 0.29) is 0 Å². The molecule has 126 valence electrons. The lowest BCUT2D eigenvalue weighted by Crippen LogP contribution is -2.33. The molecule has 2 rings (SSSR count). The molecule has 0 aromatic heterocycles. The van der Waals surface area contributed by atoms with Gasteiger partial charge < -0.3 is 19.9 Å². The van der Waals surface area contributed by atoms with Gasteiger partial charge in [-0.3, -0.25) is 4.79 Å². The lowest BCUT2D eigenvalue weighted by Gasteiger charge is -2.14. The lowest BCUT2D eigenvalue weighted by atomic mass is 10.1. The number of carbonyl (C=O) groups is 2. The van der Waals surface area contributed by atoms with Crippen molar-refractivity contribution in [2.24, 2.45) is 5.73 Å². The maximum absolute atomic E-state index is 11.5. The number of carbonyl (C=O) groups excluding carboxylic acids is 2. The van der Waals surface area contributed by atoms with Crippen LogP contribution in [0.2, 0.25) is 0 Å². The van der Waals surface area contributed by atoms with Gasteiger partial charge >= 0.3 is 11.9 Å². The highest BCUT2D eigenvalue weighted by Crippen LogP contribution is 2.26. The number of nitrogens with two attached hydrogens (primary N) is 1. The van der Waals surface area contributed by atoms with Gasteiger partial charge in [-0.1, -0.05) is 18.2 Å². The predicted octanol–water partition coefficient (Wildman–Crippen LogP) is 2.31. The van der Waals surface area contributed by atoms with Gasteiger partial charge in [0.15, 0.2) is 0 Å². The minimum atomic E-state index is -0.763. The van der Waals surface area contributed by atoms with Crippen molar-refractivity contribution in [3.05, 3.63) is 59.7 Å². The maximum atomic E-state index is 11.5. The molecule has 0 aliphatic carbocycles. The molecule has 1 unspecified atom stereocenters. The molecule has 0 fully saturated rings. The molecule has 0 heterocycles. The molecule has 0 saturated heterocycles. The van der Waals surface area contributed by atoms with Crippen molar-refractivity contribution in [1.82, 2.24) is 0 Å². The summed E-state index contributed by atoms with van der Waals surface area (Å²) < 4.78 is 15.1. The summed E-state index contributed by atoms with van der Waals surface area (Å²) >= 11 is 0. The Bertz CT molecular complexity index is 712. The maximum Gasteiger partial charge on any atom is 0.337 e. The summed E-state index contributed by atoms with van der Waals surface area (Å²) in [6.07, 6.45) is 0.295. The molecule has 0 radical (unpaired) electrons. The van der Waals surface area contributed by atoms with Crippen LogP contribution in [-0.4, -0.2) is 32.2 Å². The minimum Gasteiger partial charge on any atom is -0.468 e. The summed E-state index contributed by atoms with van der Waals surface area (Å²) in [7, 11) is 2.63. The average molecular weight is 329 g/mol. The van der Waals surface area contributed by atoms with Crippen LogP contribution in [0.5, 0.6) is 11.5 Å². The van der Waals surface area contributed by atoms with Gasteiger partial charge in [-0.15, -0.1) is 0 Å². The van der Waals surface area contributed by atoms with Gasteiger partial charge in [0, 0.05) is 6.42 Å². The molecule has 2 aromatic rings. The summed E-state index contributed by atoms with van der Waals surface area (Å²) in [5.74, 6) is 0.252. The minimum absolute atomic E-state index is 0.295. The number of esters is 2. The molecule has 24 heavy (non-hydrogen) atoms. The molecule has 0 aliphatic rings. The normalized spacial score (nSPS) is 11.5. The molecule has 1 atom stereocenters. The number of benzene rings is 2. The van der Waals surface area contributed by atoms with Crippen molar-refractivity contribution in [1.29, 1.82) is 0 Å². The van der Waals surface area contributed by atoms with Crippen LogP contribution in [-0.2, 0) is 20.7 Å². The first-order chi connectivity index (χ1) is 11.5. The van der Waals surface area contributed by atoms with Gasteiger partial charge in [0.05, 0.1) is 19.8 Å². The average Bonchev–Trinajstić information content (AvgIpc) is 2.62. The topological polar surface area (TPSA) is 87.9 Å². The van der Waals surface area contributed by atoms with Crippen molar-refractivity contribution in [2.75, 3.05) is 14.2 Å². The Labute approximate surface area is 140 Å². The molecular weight excluding hydrogens is 310 g/mol. The largest absolute Gasteiger partial charge is 0.468 e. The van der Waals surface area contributed by atoms with Crippen molar-refractivity contribution >= 4 is 11.9 Å². The molecule has 0 bridgehead atoms. The Morgan fingerprint density at radius 1 is 1.00 bits per heavy atom. The van der Waals surface area contributed by atoms with Crippen LogP contribution in [0.4, 0.5) is 0 Å². The van der Waals surface area contributed by atoms with E-state index in [1.807, 2.05) is 18.2 Å². The van der Waals surface area contributed by atoms with E-state index in [4.69, 9.17) is 10.5 Å². The molecule has 6 heteroatoms. The number of methoxy groups -OCH3 is 2. The van der Waals surface area contributed by atoms with Crippen LogP contribution in [0, 0.1) is 0 Å². The summed E-state index contributed by atoms with van der Waals surface area (Å²) in [6, 6.07) is 13.1. The van der Waals surface area contributed by atoms with E-state index in [0.29, 0.717) is 23.5 Å². The summed E-state index contributed by atoms with van der Waals surface area (Å²) in [4.78, 5) is 22.9. The third kappa shape index (κ3) is 4.33. The molecule has 2 aromatic carbocycles. The van der Waals surface area contributed by atoms with E-state index in [9.17, 15) is 9.59 Å². The molecule has 2 N–H and O–H groups in total. The molecule has 0 aliphatic heterocycles.